The van der Waals surface area contributed by atoms with Gasteiger partial charge in [-0.15, -0.1) is 0 Å². The van der Waals surface area contributed by atoms with E-state index in [0.29, 0.717) is 10.7 Å². The lowest BCUT2D eigenvalue weighted by atomic mass is 9.96. The van der Waals surface area contributed by atoms with E-state index in [-0.39, 0.29) is 17.8 Å². The number of nitrogens with one attached hydrogen (secondary N) is 1. The van der Waals surface area contributed by atoms with E-state index in [2.05, 4.69) is 39.7 Å². The topological polar surface area (TPSA) is 53.3 Å². The first-order valence-corrected chi connectivity index (χ1v) is 11.4. The molecule has 1 fully saturated rings. The Kier molecular flexibility index (Phi) is 6.21. The molecule has 1 aliphatic heterocycles. The minimum Gasteiger partial charge on any atom is -0.506 e. The van der Waals surface area contributed by atoms with Gasteiger partial charge in [-0.2, -0.15) is 0 Å². The number of unbranched alkanes of at least 4 members (excludes halogenated alkanes) is 1. The molecule has 3 aromatic rings. The fourth-order valence-electron chi connectivity index (χ4n) is 4.45. The average molecular weight is 455 g/mol. The van der Waals surface area contributed by atoms with Gasteiger partial charge in [-0.25, -0.2) is 0 Å². The molecule has 2 atom stereocenters. The van der Waals surface area contributed by atoms with E-state index in [1.165, 1.54) is 0 Å². The molecular formula is C24H27ClN4OS. The quantitative estimate of drug-likeness (QED) is 0.473. The second-order valence-corrected chi connectivity index (χ2v) is 8.79. The minimum absolute atomic E-state index is 0.00947. The van der Waals surface area contributed by atoms with Gasteiger partial charge in [0.1, 0.15) is 5.75 Å². The fraction of sp³-hybridized carbons (Fsp3) is 0.333. The van der Waals surface area contributed by atoms with Crippen LogP contribution in [0.3, 0.4) is 0 Å². The number of thiocarbonyl (C=S) groups is 1. The molecule has 3 heterocycles. The van der Waals surface area contributed by atoms with Crippen molar-refractivity contribution in [2.24, 2.45) is 0 Å². The van der Waals surface area contributed by atoms with Crippen LogP contribution < -0.4 is 5.32 Å². The van der Waals surface area contributed by atoms with Gasteiger partial charge >= 0.3 is 0 Å². The summed E-state index contributed by atoms with van der Waals surface area (Å²) in [5.41, 5.74) is 4.88. The molecule has 31 heavy (non-hydrogen) atoms. The summed E-state index contributed by atoms with van der Waals surface area (Å²) in [6.07, 6.45) is 3.97. The van der Waals surface area contributed by atoms with E-state index in [9.17, 15) is 5.11 Å². The SMILES string of the molecule is CCCCN1C(=S)N[C@@H](c2ccccn2)[C@@H]1c1cc(C)n(-c2cc(Cl)ccc2O)c1C. The Hall–Kier alpha value is -2.57. The van der Waals surface area contributed by atoms with Gasteiger partial charge in [0.25, 0.3) is 0 Å². The predicted octanol–water partition coefficient (Wildman–Crippen LogP) is 5.62. The second kappa shape index (κ2) is 8.89. The number of hydrogen-bond acceptors (Lipinski definition) is 3. The Morgan fingerprint density at radius 2 is 2.00 bits per heavy atom. The van der Waals surface area contributed by atoms with Gasteiger partial charge in [-0.3, -0.25) is 4.98 Å². The molecule has 0 aliphatic carbocycles. The Morgan fingerprint density at radius 1 is 1.19 bits per heavy atom. The zero-order valence-corrected chi connectivity index (χ0v) is 19.5. The van der Waals surface area contributed by atoms with E-state index < -0.39 is 0 Å². The molecule has 7 heteroatoms. The molecular weight excluding hydrogens is 428 g/mol. The zero-order valence-electron chi connectivity index (χ0n) is 18.0. The molecule has 0 radical (unpaired) electrons. The number of aromatic hydroxyl groups is 1. The molecule has 1 aromatic carbocycles. The standard InChI is InChI=1S/C24H27ClN4OS/c1-4-5-12-28-23(22(27-24(28)31)19-8-6-7-11-26-19)18-13-15(2)29(16(18)3)20-14-17(25)9-10-21(20)30/h6-11,13-14,22-23,30H,4-5,12H2,1-3H3,(H,27,31)/t22-,23-/m0/s1. The van der Waals surface area contributed by atoms with E-state index in [4.69, 9.17) is 23.8 Å². The molecule has 0 amide bonds. The van der Waals surface area contributed by atoms with Crippen LogP contribution >= 0.6 is 23.8 Å². The smallest absolute Gasteiger partial charge is 0.170 e. The van der Waals surface area contributed by atoms with Crippen molar-refractivity contribution in [1.82, 2.24) is 19.8 Å². The van der Waals surface area contributed by atoms with Crippen LogP contribution in [0.15, 0.2) is 48.7 Å². The van der Waals surface area contributed by atoms with Gasteiger partial charge < -0.3 is 19.9 Å². The van der Waals surface area contributed by atoms with Crippen molar-refractivity contribution in [3.8, 4) is 11.4 Å². The number of halogens is 1. The summed E-state index contributed by atoms with van der Waals surface area (Å²) in [5, 5.41) is 15.4. The summed E-state index contributed by atoms with van der Waals surface area (Å²) in [7, 11) is 0. The second-order valence-electron chi connectivity index (χ2n) is 7.97. The van der Waals surface area contributed by atoms with Crippen molar-refractivity contribution in [2.45, 2.75) is 45.7 Å². The molecule has 4 rings (SSSR count). The molecule has 1 aliphatic rings. The van der Waals surface area contributed by atoms with Crippen molar-refractivity contribution in [3.05, 3.63) is 76.3 Å². The number of aromatic nitrogens is 2. The number of phenolic OH excluding ortho intramolecular Hbond substituents is 1. The third-order valence-corrected chi connectivity index (χ3v) is 6.51. The fourth-order valence-corrected chi connectivity index (χ4v) is 4.94. The average Bonchev–Trinajstić information content (AvgIpc) is 3.24. The van der Waals surface area contributed by atoms with E-state index in [1.54, 1.807) is 18.2 Å². The lowest BCUT2D eigenvalue weighted by molar-refractivity contribution is 0.312. The summed E-state index contributed by atoms with van der Waals surface area (Å²) in [4.78, 5) is 6.90. The molecule has 0 bridgehead atoms. The molecule has 1 saturated heterocycles. The number of hydrogen-bond donors (Lipinski definition) is 2. The Labute approximate surface area is 193 Å². The number of pyridine rings is 1. The van der Waals surface area contributed by atoms with E-state index in [0.717, 1.165) is 47.1 Å². The highest BCUT2D eigenvalue weighted by atomic mass is 35.5. The van der Waals surface area contributed by atoms with E-state index in [1.807, 2.05) is 31.3 Å². The Balaban J connectivity index is 1.84. The first-order chi connectivity index (χ1) is 14.9. The molecule has 2 N–H and O–H groups in total. The van der Waals surface area contributed by atoms with Crippen LogP contribution in [0.4, 0.5) is 0 Å². The maximum atomic E-state index is 10.5. The van der Waals surface area contributed by atoms with Crippen molar-refractivity contribution < 1.29 is 5.11 Å². The Morgan fingerprint density at radius 3 is 2.71 bits per heavy atom. The monoisotopic (exact) mass is 454 g/mol. The Bertz CT molecular complexity index is 1100. The molecule has 0 spiro atoms. The summed E-state index contributed by atoms with van der Waals surface area (Å²) in [5.74, 6) is 0.196. The highest BCUT2D eigenvalue weighted by molar-refractivity contribution is 7.80. The van der Waals surface area contributed by atoms with E-state index >= 15 is 0 Å². The van der Waals surface area contributed by atoms with Crippen LogP contribution in [0, 0.1) is 13.8 Å². The highest BCUT2D eigenvalue weighted by Gasteiger charge is 2.41. The summed E-state index contributed by atoms with van der Waals surface area (Å²) in [6, 6.07) is 13.2. The summed E-state index contributed by atoms with van der Waals surface area (Å²) >= 11 is 12.0. The number of phenols is 1. The van der Waals surface area contributed by atoms with Crippen molar-refractivity contribution in [2.75, 3.05) is 6.54 Å². The first kappa shape index (κ1) is 21.7. The minimum atomic E-state index is -0.0486. The third kappa shape index (κ3) is 4.02. The summed E-state index contributed by atoms with van der Waals surface area (Å²) in [6.45, 7) is 7.19. The van der Waals surface area contributed by atoms with Crippen LogP contribution in [0.2, 0.25) is 5.02 Å². The van der Waals surface area contributed by atoms with Crippen LogP contribution in [0.1, 0.15) is 54.5 Å². The van der Waals surface area contributed by atoms with Crippen LogP contribution in [-0.2, 0) is 0 Å². The number of nitrogens with zero attached hydrogens (tertiary/aromatic N) is 3. The lowest BCUT2D eigenvalue weighted by Crippen LogP contribution is -2.30. The van der Waals surface area contributed by atoms with Crippen LogP contribution in [0.5, 0.6) is 5.75 Å². The molecule has 0 saturated carbocycles. The normalized spacial score (nSPS) is 18.5. The number of benzene rings is 1. The third-order valence-electron chi connectivity index (χ3n) is 5.92. The molecule has 162 valence electrons. The van der Waals surface area contributed by atoms with Crippen molar-refractivity contribution in [3.63, 3.8) is 0 Å². The van der Waals surface area contributed by atoms with Gasteiger partial charge in [0.2, 0.25) is 0 Å². The summed E-state index contributed by atoms with van der Waals surface area (Å²) < 4.78 is 2.06. The van der Waals surface area contributed by atoms with Crippen LogP contribution in [-0.4, -0.2) is 31.2 Å². The predicted molar refractivity (Wildman–Crippen MR) is 129 cm³/mol. The van der Waals surface area contributed by atoms with Gasteiger partial charge in [0.05, 0.1) is 23.5 Å². The molecule has 5 nitrogen and oxygen atoms in total. The van der Waals surface area contributed by atoms with Gasteiger partial charge in [-0.05, 0) is 74.4 Å². The number of rotatable bonds is 6. The van der Waals surface area contributed by atoms with Crippen molar-refractivity contribution >= 4 is 28.9 Å². The van der Waals surface area contributed by atoms with Crippen molar-refractivity contribution in [1.29, 1.82) is 0 Å². The van der Waals surface area contributed by atoms with Gasteiger partial charge in [0.15, 0.2) is 5.11 Å². The molecule has 0 unspecified atom stereocenters. The number of aryl methyl sites for hydroxylation is 1. The van der Waals surface area contributed by atoms with Gasteiger partial charge in [0, 0.05) is 29.2 Å². The maximum absolute atomic E-state index is 10.5. The van der Waals surface area contributed by atoms with Crippen LogP contribution in [0.25, 0.3) is 5.69 Å². The lowest BCUT2D eigenvalue weighted by Gasteiger charge is -2.28. The maximum Gasteiger partial charge on any atom is 0.170 e. The van der Waals surface area contributed by atoms with Gasteiger partial charge in [-0.1, -0.05) is 31.0 Å². The first-order valence-electron chi connectivity index (χ1n) is 10.6. The molecule has 2 aromatic heterocycles. The highest BCUT2D eigenvalue weighted by Crippen LogP contribution is 2.42. The zero-order chi connectivity index (χ0) is 22.1. The largest absolute Gasteiger partial charge is 0.506 e.